The number of hydrogen-bond donors (Lipinski definition) is 2. The molecule has 0 saturated carbocycles. The molecule has 5 nitrogen and oxygen atoms in total. The van der Waals surface area contributed by atoms with Gasteiger partial charge in [-0.3, -0.25) is 0 Å². The lowest BCUT2D eigenvalue weighted by atomic mass is 9.99. The first-order valence-corrected chi connectivity index (χ1v) is 10.5. The molecule has 0 saturated heterocycles. The minimum atomic E-state index is -0.300. The molecule has 0 amide bonds. The van der Waals surface area contributed by atoms with Gasteiger partial charge in [-0.05, 0) is 47.9 Å². The first-order valence-electron chi connectivity index (χ1n) is 10.5. The predicted octanol–water partition coefficient (Wildman–Crippen LogP) is 4.76. The Bertz CT molecular complexity index is 1140. The summed E-state index contributed by atoms with van der Waals surface area (Å²) in [7, 11) is 1.67. The van der Waals surface area contributed by atoms with E-state index < -0.39 is 0 Å². The van der Waals surface area contributed by atoms with E-state index in [0.29, 0.717) is 13.2 Å². The van der Waals surface area contributed by atoms with Crippen LogP contribution in [0.2, 0.25) is 0 Å². The third kappa shape index (κ3) is 4.90. The fourth-order valence-electron chi connectivity index (χ4n) is 3.77. The summed E-state index contributed by atoms with van der Waals surface area (Å²) < 4.78 is 17.5. The molecule has 160 valence electrons. The van der Waals surface area contributed by atoms with Gasteiger partial charge in [-0.25, -0.2) is 0 Å². The van der Waals surface area contributed by atoms with Crippen LogP contribution in [0.3, 0.4) is 0 Å². The van der Waals surface area contributed by atoms with Crippen LogP contribution in [0.25, 0.3) is 11.0 Å². The Labute approximate surface area is 182 Å². The molecule has 31 heavy (non-hydrogen) atoms. The van der Waals surface area contributed by atoms with Crippen LogP contribution in [-0.4, -0.2) is 13.7 Å². The number of fused-ring (bicyclic) bond motifs is 1. The van der Waals surface area contributed by atoms with E-state index in [1.165, 1.54) is 5.56 Å². The molecule has 0 aliphatic carbocycles. The summed E-state index contributed by atoms with van der Waals surface area (Å²) in [5.41, 5.74) is 16.4. The Balaban J connectivity index is 1.59. The van der Waals surface area contributed by atoms with Gasteiger partial charge in [0, 0.05) is 30.0 Å². The summed E-state index contributed by atoms with van der Waals surface area (Å²) in [5.74, 6) is 2.50. The SMILES string of the molecule is COc1cccc(CCc2oc3ccc(OCc4ccccc4)cc3c2C(N)CN)c1. The summed E-state index contributed by atoms with van der Waals surface area (Å²) in [6.45, 7) is 0.848. The van der Waals surface area contributed by atoms with Gasteiger partial charge in [-0.1, -0.05) is 42.5 Å². The summed E-state index contributed by atoms with van der Waals surface area (Å²) in [6, 6.07) is 23.7. The molecule has 0 fully saturated rings. The summed E-state index contributed by atoms with van der Waals surface area (Å²) in [6.07, 6.45) is 1.55. The van der Waals surface area contributed by atoms with Gasteiger partial charge in [0.15, 0.2) is 0 Å². The van der Waals surface area contributed by atoms with Crippen molar-refractivity contribution >= 4 is 11.0 Å². The van der Waals surface area contributed by atoms with Crippen molar-refractivity contribution < 1.29 is 13.9 Å². The molecule has 3 aromatic carbocycles. The van der Waals surface area contributed by atoms with E-state index in [-0.39, 0.29) is 6.04 Å². The Morgan fingerprint density at radius 3 is 2.45 bits per heavy atom. The number of rotatable bonds is 9. The third-order valence-electron chi connectivity index (χ3n) is 5.42. The lowest BCUT2D eigenvalue weighted by molar-refractivity contribution is 0.306. The van der Waals surface area contributed by atoms with Crippen LogP contribution >= 0.6 is 0 Å². The fourth-order valence-corrected chi connectivity index (χ4v) is 3.77. The Hall–Kier alpha value is -3.28. The molecular formula is C26H28N2O3. The number of methoxy groups -OCH3 is 1. The van der Waals surface area contributed by atoms with E-state index in [4.69, 9.17) is 25.4 Å². The maximum Gasteiger partial charge on any atom is 0.134 e. The number of aryl methyl sites for hydroxylation is 2. The van der Waals surface area contributed by atoms with Crippen LogP contribution in [0.1, 0.15) is 28.5 Å². The van der Waals surface area contributed by atoms with Gasteiger partial charge in [0.2, 0.25) is 0 Å². The zero-order valence-electron chi connectivity index (χ0n) is 17.7. The molecule has 0 aliphatic rings. The quantitative estimate of drug-likeness (QED) is 0.411. The standard InChI is InChI=1S/C26H28N2O3/c1-29-20-9-5-8-18(14-20)10-12-25-26(23(28)16-27)22-15-21(11-13-24(22)31-25)30-17-19-6-3-2-4-7-19/h2-9,11,13-15,23H,10,12,16-17,27-28H2,1H3. The molecule has 0 spiro atoms. The molecule has 4 N–H and O–H groups in total. The van der Waals surface area contributed by atoms with Gasteiger partial charge in [-0.15, -0.1) is 0 Å². The molecule has 0 bridgehead atoms. The lowest BCUT2D eigenvalue weighted by Crippen LogP contribution is -2.21. The Morgan fingerprint density at radius 1 is 0.871 bits per heavy atom. The van der Waals surface area contributed by atoms with Crippen molar-refractivity contribution in [1.82, 2.24) is 0 Å². The lowest BCUT2D eigenvalue weighted by Gasteiger charge is -2.11. The van der Waals surface area contributed by atoms with Crippen molar-refractivity contribution in [2.45, 2.75) is 25.5 Å². The van der Waals surface area contributed by atoms with Crippen LogP contribution in [0.5, 0.6) is 11.5 Å². The van der Waals surface area contributed by atoms with Crippen molar-refractivity contribution in [3.05, 3.63) is 95.2 Å². The monoisotopic (exact) mass is 416 g/mol. The second-order valence-electron chi connectivity index (χ2n) is 7.56. The average molecular weight is 417 g/mol. The molecular weight excluding hydrogens is 388 g/mol. The minimum absolute atomic E-state index is 0.300. The van der Waals surface area contributed by atoms with E-state index in [0.717, 1.165) is 52.2 Å². The molecule has 4 rings (SSSR count). The largest absolute Gasteiger partial charge is 0.497 e. The smallest absolute Gasteiger partial charge is 0.134 e. The minimum Gasteiger partial charge on any atom is -0.497 e. The van der Waals surface area contributed by atoms with Crippen molar-refractivity contribution in [3.63, 3.8) is 0 Å². The molecule has 0 aliphatic heterocycles. The molecule has 4 aromatic rings. The van der Waals surface area contributed by atoms with Crippen LogP contribution in [0, 0.1) is 0 Å². The highest BCUT2D eigenvalue weighted by atomic mass is 16.5. The van der Waals surface area contributed by atoms with Gasteiger partial charge in [0.1, 0.15) is 29.4 Å². The second kappa shape index (κ2) is 9.69. The van der Waals surface area contributed by atoms with E-state index in [1.807, 2.05) is 66.7 Å². The van der Waals surface area contributed by atoms with Crippen molar-refractivity contribution in [2.24, 2.45) is 11.5 Å². The Kier molecular flexibility index (Phi) is 6.55. The van der Waals surface area contributed by atoms with E-state index >= 15 is 0 Å². The fraction of sp³-hybridized carbons (Fsp3) is 0.231. The van der Waals surface area contributed by atoms with Gasteiger partial charge in [-0.2, -0.15) is 0 Å². The second-order valence-corrected chi connectivity index (χ2v) is 7.56. The number of benzene rings is 3. The molecule has 0 radical (unpaired) electrons. The van der Waals surface area contributed by atoms with Crippen LogP contribution < -0.4 is 20.9 Å². The first-order chi connectivity index (χ1) is 15.2. The topological polar surface area (TPSA) is 83.6 Å². The highest BCUT2D eigenvalue weighted by Crippen LogP contribution is 2.33. The average Bonchev–Trinajstić information content (AvgIpc) is 3.19. The zero-order valence-corrected chi connectivity index (χ0v) is 17.7. The normalized spacial score (nSPS) is 12.1. The molecule has 1 unspecified atom stereocenters. The first kappa shape index (κ1) is 21.0. The maximum atomic E-state index is 6.39. The predicted molar refractivity (Wildman–Crippen MR) is 123 cm³/mol. The summed E-state index contributed by atoms with van der Waals surface area (Å²) in [5, 5.41) is 0.962. The van der Waals surface area contributed by atoms with Crippen LogP contribution in [-0.2, 0) is 19.4 Å². The van der Waals surface area contributed by atoms with Crippen molar-refractivity contribution in [1.29, 1.82) is 0 Å². The number of ether oxygens (including phenoxy) is 2. The third-order valence-corrected chi connectivity index (χ3v) is 5.42. The molecule has 1 atom stereocenters. The Morgan fingerprint density at radius 2 is 1.68 bits per heavy atom. The number of nitrogens with two attached hydrogens (primary N) is 2. The van der Waals surface area contributed by atoms with Crippen molar-refractivity contribution in [3.8, 4) is 11.5 Å². The van der Waals surface area contributed by atoms with E-state index in [1.54, 1.807) is 7.11 Å². The van der Waals surface area contributed by atoms with Gasteiger partial charge < -0.3 is 25.4 Å². The van der Waals surface area contributed by atoms with E-state index in [9.17, 15) is 0 Å². The highest BCUT2D eigenvalue weighted by molar-refractivity contribution is 5.84. The number of furan rings is 1. The molecule has 1 heterocycles. The van der Waals surface area contributed by atoms with Crippen molar-refractivity contribution in [2.75, 3.05) is 13.7 Å². The van der Waals surface area contributed by atoms with Crippen LogP contribution in [0.4, 0.5) is 0 Å². The molecule has 5 heteroatoms. The van der Waals surface area contributed by atoms with E-state index in [2.05, 4.69) is 6.07 Å². The van der Waals surface area contributed by atoms with Gasteiger partial charge in [0.25, 0.3) is 0 Å². The summed E-state index contributed by atoms with van der Waals surface area (Å²) in [4.78, 5) is 0. The van der Waals surface area contributed by atoms with Gasteiger partial charge in [0.05, 0.1) is 7.11 Å². The molecule has 1 aromatic heterocycles. The highest BCUT2D eigenvalue weighted by Gasteiger charge is 2.20. The zero-order chi connectivity index (χ0) is 21.6. The maximum absolute atomic E-state index is 6.39. The summed E-state index contributed by atoms with van der Waals surface area (Å²) >= 11 is 0. The van der Waals surface area contributed by atoms with Crippen LogP contribution in [0.15, 0.2) is 77.2 Å². The number of hydrogen-bond acceptors (Lipinski definition) is 5. The van der Waals surface area contributed by atoms with Gasteiger partial charge >= 0.3 is 0 Å².